The summed E-state index contributed by atoms with van der Waals surface area (Å²) < 4.78 is 14.2. The quantitative estimate of drug-likeness (QED) is 0.766. The second-order valence-corrected chi connectivity index (χ2v) is 4.98. The van der Waals surface area contributed by atoms with E-state index in [4.69, 9.17) is 0 Å². The number of benzene rings is 1. The molecule has 2 atom stereocenters. The maximum atomic E-state index is 14.2. The van der Waals surface area contributed by atoms with Gasteiger partial charge in [0.2, 0.25) is 0 Å². The van der Waals surface area contributed by atoms with Gasteiger partial charge in [0, 0.05) is 25.2 Å². The number of hydrogen-bond donors (Lipinski definition) is 1. The van der Waals surface area contributed by atoms with Gasteiger partial charge < -0.3 is 10.2 Å². The number of hydrogen-bond acceptors (Lipinski definition) is 2. The Morgan fingerprint density at radius 3 is 2.88 bits per heavy atom. The molecule has 4 heteroatoms. The largest absolute Gasteiger partial charge is 0.360 e. The van der Waals surface area contributed by atoms with Crippen molar-refractivity contribution in [3.05, 3.63) is 29.1 Å². The maximum absolute atomic E-state index is 14.2. The molecule has 2 aliphatic rings. The third-order valence-electron chi connectivity index (χ3n) is 3.79. The molecule has 2 nitrogen and oxygen atoms in total. The summed E-state index contributed by atoms with van der Waals surface area (Å²) in [5, 5.41) is 3.41. The molecule has 0 saturated carbocycles. The minimum absolute atomic E-state index is 0. The van der Waals surface area contributed by atoms with E-state index in [1.165, 1.54) is 5.56 Å². The highest BCUT2D eigenvalue weighted by molar-refractivity contribution is 5.85. The fourth-order valence-electron chi connectivity index (χ4n) is 2.99. The average Bonchev–Trinajstić information content (AvgIpc) is 2.64. The lowest BCUT2D eigenvalue weighted by molar-refractivity contribution is 0.425. The molecule has 1 saturated heterocycles. The molecule has 0 amide bonds. The summed E-state index contributed by atoms with van der Waals surface area (Å²) in [7, 11) is 0. The molecule has 1 aromatic rings. The zero-order valence-corrected chi connectivity index (χ0v) is 11.0. The van der Waals surface area contributed by atoms with Crippen molar-refractivity contribution in [2.75, 3.05) is 18.0 Å². The lowest BCUT2D eigenvalue weighted by Crippen LogP contribution is -2.55. The molecule has 2 aliphatic heterocycles. The van der Waals surface area contributed by atoms with Crippen LogP contribution < -0.4 is 10.2 Å². The first-order valence-electron chi connectivity index (χ1n) is 5.95. The van der Waals surface area contributed by atoms with E-state index in [-0.39, 0.29) is 18.2 Å². The van der Waals surface area contributed by atoms with Crippen LogP contribution in [-0.2, 0) is 6.42 Å². The molecule has 94 valence electrons. The summed E-state index contributed by atoms with van der Waals surface area (Å²) in [6, 6.07) is 4.80. The summed E-state index contributed by atoms with van der Waals surface area (Å²) in [6.07, 6.45) is 0.976. The Balaban J connectivity index is 0.00000108. The first-order chi connectivity index (χ1) is 7.68. The third kappa shape index (κ3) is 1.81. The van der Waals surface area contributed by atoms with Crippen LogP contribution in [0, 0.1) is 12.7 Å². The Morgan fingerprint density at radius 2 is 2.12 bits per heavy atom. The second kappa shape index (κ2) is 4.46. The Hall–Kier alpha value is -0.800. The van der Waals surface area contributed by atoms with Gasteiger partial charge in [-0.3, -0.25) is 0 Å². The fourth-order valence-corrected chi connectivity index (χ4v) is 2.99. The van der Waals surface area contributed by atoms with Crippen LogP contribution in [0.3, 0.4) is 0 Å². The smallest absolute Gasteiger partial charge is 0.149 e. The molecular formula is C13H18ClFN2. The van der Waals surface area contributed by atoms with Crippen molar-refractivity contribution in [1.82, 2.24) is 5.32 Å². The number of fused-ring (bicyclic) bond motifs is 3. The van der Waals surface area contributed by atoms with Crippen molar-refractivity contribution in [1.29, 1.82) is 0 Å². The van der Waals surface area contributed by atoms with Crippen LogP contribution in [0.25, 0.3) is 0 Å². The van der Waals surface area contributed by atoms with Crippen LogP contribution in [0.15, 0.2) is 12.1 Å². The molecule has 3 rings (SSSR count). The van der Waals surface area contributed by atoms with Gasteiger partial charge >= 0.3 is 0 Å². The van der Waals surface area contributed by atoms with Crippen molar-refractivity contribution < 1.29 is 4.39 Å². The van der Waals surface area contributed by atoms with Gasteiger partial charge in [0.25, 0.3) is 0 Å². The van der Waals surface area contributed by atoms with E-state index in [1.807, 2.05) is 13.0 Å². The molecule has 1 aromatic carbocycles. The molecule has 0 bridgehead atoms. The topological polar surface area (TPSA) is 15.3 Å². The Kier molecular flexibility index (Phi) is 3.32. The number of rotatable bonds is 0. The summed E-state index contributed by atoms with van der Waals surface area (Å²) in [5.41, 5.74) is 2.78. The first-order valence-corrected chi connectivity index (χ1v) is 5.95. The fraction of sp³-hybridized carbons (Fsp3) is 0.538. The Morgan fingerprint density at radius 1 is 1.35 bits per heavy atom. The highest BCUT2D eigenvalue weighted by Gasteiger charge is 2.37. The lowest BCUT2D eigenvalue weighted by atomic mass is 10.1. The van der Waals surface area contributed by atoms with Crippen LogP contribution in [0.2, 0.25) is 0 Å². The van der Waals surface area contributed by atoms with Crippen LogP contribution >= 0.6 is 12.4 Å². The zero-order chi connectivity index (χ0) is 11.3. The van der Waals surface area contributed by atoms with Gasteiger partial charge in [0.15, 0.2) is 0 Å². The zero-order valence-electron chi connectivity index (χ0n) is 10.2. The summed E-state index contributed by atoms with van der Waals surface area (Å²) in [6.45, 7) is 5.92. The minimum atomic E-state index is -0.0197. The number of nitrogens with one attached hydrogen (secondary N) is 1. The molecule has 0 spiro atoms. The minimum Gasteiger partial charge on any atom is -0.360 e. The maximum Gasteiger partial charge on any atom is 0.149 e. The monoisotopic (exact) mass is 256 g/mol. The predicted octanol–water partition coefficient (Wildman–Crippen LogP) is 2.28. The number of anilines is 1. The average molecular weight is 257 g/mol. The SMILES string of the molecule is Cc1ccc2c(c1F)N1[C@H](CNC[C@H]1C)C2.Cl. The third-order valence-corrected chi connectivity index (χ3v) is 3.79. The van der Waals surface area contributed by atoms with Crippen molar-refractivity contribution in [2.45, 2.75) is 32.4 Å². The molecule has 2 heterocycles. The number of aryl methyl sites for hydroxylation is 1. The number of halogens is 2. The lowest BCUT2D eigenvalue weighted by Gasteiger charge is -2.38. The van der Waals surface area contributed by atoms with Crippen LogP contribution in [0.1, 0.15) is 18.1 Å². The predicted molar refractivity (Wildman–Crippen MR) is 70.7 cm³/mol. The van der Waals surface area contributed by atoms with E-state index >= 15 is 0 Å². The first kappa shape index (κ1) is 12.7. The molecule has 0 aliphatic carbocycles. The number of piperazine rings is 1. The van der Waals surface area contributed by atoms with Gasteiger partial charge in [0.05, 0.1) is 5.69 Å². The Labute approximate surface area is 108 Å². The van der Waals surface area contributed by atoms with Crippen molar-refractivity contribution in [3.8, 4) is 0 Å². The van der Waals surface area contributed by atoms with E-state index in [1.54, 1.807) is 0 Å². The van der Waals surface area contributed by atoms with E-state index < -0.39 is 0 Å². The molecular weight excluding hydrogens is 239 g/mol. The molecule has 1 N–H and O–H groups in total. The van der Waals surface area contributed by atoms with Gasteiger partial charge in [-0.25, -0.2) is 4.39 Å². The van der Waals surface area contributed by atoms with Crippen LogP contribution in [-0.4, -0.2) is 25.2 Å². The van der Waals surface area contributed by atoms with Crippen LogP contribution in [0.5, 0.6) is 0 Å². The van der Waals surface area contributed by atoms with E-state index in [0.717, 1.165) is 30.8 Å². The van der Waals surface area contributed by atoms with Crippen LogP contribution in [0.4, 0.5) is 10.1 Å². The number of nitrogens with zero attached hydrogens (tertiary/aromatic N) is 1. The summed E-state index contributed by atoms with van der Waals surface area (Å²) in [5.74, 6) is -0.0197. The summed E-state index contributed by atoms with van der Waals surface area (Å²) in [4.78, 5) is 2.27. The van der Waals surface area contributed by atoms with Crippen molar-refractivity contribution in [3.63, 3.8) is 0 Å². The molecule has 17 heavy (non-hydrogen) atoms. The standard InChI is InChI=1S/C13H17FN2.ClH/c1-8-3-4-10-5-11-7-15-6-9(2)16(11)13(10)12(8)14;/h3-4,9,11,15H,5-7H2,1-2H3;1H/t9-,11+;/m1./s1. The molecule has 0 radical (unpaired) electrons. The highest BCUT2D eigenvalue weighted by atomic mass is 35.5. The van der Waals surface area contributed by atoms with Gasteiger partial charge in [-0.1, -0.05) is 12.1 Å². The van der Waals surface area contributed by atoms with Gasteiger partial charge in [0.1, 0.15) is 5.82 Å². The molecule has 1 fully saturated rings. The molecule has 0 aromatic heterocycles. The highest BCUT2D eigenvalue weighted by Crippen LogP contribution is 2.38. The molecule has 0 unspecified atom stereocenters. The van der Waals surface area contributed by atoms with E-state index in [0.29, 0.717) is 12.1 Å². The van der Waals surface area contributed by atoms with E-state index in [2.05, 4.69) is 23.2 Å². The Bertz CT molecular complexity index is 436. The van der Waals surface area contributed by atoms with E-state index in [9.17, 15) is 4.39 Å². The van der Waals surface area contributed by atoms with Gasteiger partial charge in [-0.05, 0) is 31.4 Å². The van der Waals surface area contributed by atoms with Crippen molar-refractivity contribution in [2.24, 2.45) is 0 Å². The normalized spacial score (nSPS) is 26.2. The van der Waals surface area contributed by atoms with Gasteiger partial charge in [-0.15, -0.1) is 12.4 Å². The summed E-state index contributed by atoms with van der Waals surface area (Å²) >= 11 is 0. The van der Waals surface area contributed by atoms with Gasteiger partial charge in [-0.2, -0.15) is 0 Å². The second-order valence-electron chi connectivity index (χ2n) is 4.98. The van der Waals surface area contributed by atoms with Crippen molar-refractivity contribution >= 4 is 18.1 Å².